The van der Waals surface area contributed by atoms with Crippen LogP contribution in [0.15, 0.2) is 40.9 Å². The van der Waals surface area contributed by atoms with Gasteiger partial charge in [0.1, 0.15) is 28.7 Å². The summed E-state index contributed by atoms with van der Waals surface area (Å²) >= 11 is 9.46. The predicted molar refractivity (Wildman–Crippen MR) is 138 cm³/mol. The lowest BCUT2D eigenvalue weighted by Crippen LogP contribution is -2.55. The first-order valence-corrected chi connectivity index (χ1v) is 13.5. The average molecular weight is 591 g/mol. The van der Waals surface area contributed by atoms with Gasteiger partial charge in [-0.25, -0.2) is 23.0 Å². The van der Waals surface area contributed by atoms with Crippen LogP contribution >= 0.6 is 27.5 Å². The molecule has 1 unspecified atom stereocenters. The number of nitrogens with one attached hydrogen (secondary N) is 1. The first-order chi connectivity index (χ1) is 16.0. The van der Waals surface area contributed by atoms with Gasteiger partial charge < -0.3 is 14.8 Å². The Hall–Kier alpha value is -2.37. The number of pyridine rings is 1. The van der Waals surface area contributed by atoms with Gasteiger partial charge in [-0.1, -0.05) is 39.7 Å². The minimum atomic E-state index is -3.57. The number of anilines is 1. The van der Waals surface area contributed by atoms with Gasteiger partial charge in [0, 0.05) is 17.9 Å². The van der Waals surface area contributed by atoms with Crippen LogP contribution in [0.1, 0.15) is 38.8 Å². The summed E-state index contributed by atoms with van der Waals surface area (Å²) in [5.41, 5.74) is -1.03. The van der Waals surface area contributed by atoms with E-state index in [0.29, 0.717) is 5.56 Å². The van der Waals surface area contributed by atoms with E-state index >= 15 is 0 Å². The summed E-state index contributed by atoms with van der Waals surface area (Å²) in [5.74, 6) is -0.635. The number of hydrogen-bond donors (Lipinski definition) is 1. The van der Waals surface area contributed by atoms with Crippen molar-refractivity contribution in [1.82, 2.24) is 10.3 Å². The third-order valence-corrected chi connectivity index (χ3v) is 6.57. The molecule has 1 amide bonds. The van der Waals surface area contributed by atoms with Gasteiger partial charge in [0.15, 0.2) is 0 Å². The SMILES string of the molecule is CN(c1cc(COC(=O)C(C)(Cc2cccc(Br)c2)NC(=O)OC(C)(C)C)cc(Cl)n1)S(C)(=O)=O. The number of alkyl carbamates (subject to hydrolysis) is 1. The van der Waals surface area contributed by atoms with Gasteiger partial charge in [-0.3, -0.25) is 4.31 Å². The van der Waals surface area contributed by atoms with E-state index in [1.54, 1.807) is 27.7 Å². The molecular weight excluding hydrogens is 562 g/mol. The Bertz CT molecular complexity index is 1200. The van der Waals surface area contributed by atoms with Crippen molar-refractivity contribution in [1.29, 1.82) is 0 Å². The van der Waals surface area contributed by atoms with Crippen LogP contribution in [0.3, 0.4) is 0 Å². The molecule has 1 aromatic carbocycles. The van der Waals surface area contributed by atoms with Crippen molar-refractivity contribution in [2.75, 3.05) is 17.6 Å². The number of nitrogens with zero attached hydrogens (tertiary/aromatic N) is 2. The zero-order chi connectivity index (χ0) is 26.6. The first-order valence-electron chi connectivity index (χ1n) is 10.5. The zero-order valence-electron chi connectivity index (χ0n) is 20.4. The van der Waals surface area contributed by atoms with E-state index in [-0.39, 0.29) is 24.0 Å². The van der Waals surface area contributed by atoms with Crippen molar-refractivity contribution < 1.29 is 27.5 Å². The molecule has 0 saturated carbocycles. The number of esters is 1. The Kier molecular flexibility index (Phi) is 9.18. The number of carbonyl (C=O) groups is 2. The highest BCUT2D eigenvalue weighted by Crippen LogP contribution is 2.23. The molecule has 9 nitrogen and oxygen atoms in total. The number of sulfonamides is 1. The van der Waals surface area contributed by atoms with E-state index in [9.17, 15) is 18.0 Å². The van der Waals surface area contributed by atoms with Crippen LogP contribution in [0.25, 0.3) is 0 Å². The van der Waals surface area contributed by atoms with E-state index in [0.717, 1.165) is 20.6 Å². The van der Waals surface area contributed by atoms with E-state index in [1.807, 2.05) is 24.3 Å². The molecule has 1 N–H and O–H groups in total. The number of ether oxygens (including phenoxy) is 2. The summed E-state index contributed by atoms with van der Waals surface area (Å²) < 4.78 is 36.4. The van der Waals surface area contributed by atoms with Gasteiger partial charge in [-0.15, -0.1) is 0 Å². The number of rotatable bonds is 8. The largest absolute Gasteiger partial charge is 0.459 e. The molecule has 2 rings (SSSR count). The number of aromatic nitrogens is 1. The summed E-state index contributed by atoms with van der Waals surface area (Å²) in [7, 11) is -2.23. The summed E-state index contributed by atoms with van der Waals surface area (Å²) in [5, 5.41) is 2.67. The molecule has 0 aliphatic rings. The monoisotopic (exact) mass is 589 g/mol. The van der Waals surface area contributed by atoms with Gasteiger partial charge in [-0.05, 0) is 63.1 Å². The van der Waals surface area contributed by atoms with E-state index < -0.39 is 33.2 Å². The van der Waals surface area contributed by atoms with Crippen molar-refractivity contribution in [3.8, 4) is 0 Å². The molecule has 0 fully saturated rings. The van der Waals surface area contributed by atoms with E-state index in [1.165, 1.54) is 19.2 Å². The molecular formula is C23H29BrClN3O6S. The van der Waals surface area contributed by atoms with Crippen molar-refractivity contribution in [3.63, 3.8) is 0 Å². The number of carbonyl (C=O) groups excluding carboxylic acids is 2. The molecule has 0 aliphatic heterocycles. The van der Waals surface area contributed by atoms with Gasteiger partial charge >= 0.3 is 12.1 Å². The fourth-order valence-electron chi connectivity index (χ4n) is 3.01. The van der Waals surface area contributed by atoms with E-state index in [2.05, 4.69) is 26.2 Å². The Balaban J connectivity index is 2.28. The maximum absolute atomic E-state index is 13.2. The standard InChI is InChI=1S/C23H29BrClN3O6S/c1-22(2,3)34-21(30)27-23(4,13-15-8-7-9-17(24)10-15)20(29)33-14-16-11-18(25)26-19(12-16)28(5)35(6,31)32/h7-12H,13-14H2,1-6H3,(H,27,30). The van der Waals surface area contributed by atoms with Crippen molar-refractivity contribution in [3.05, 3.63) is 57.2 Å². The smallest absolute Gasteiger partial charge is 0.408 e. The Labute approximate surface area is 219 Å². The second kappa shape index (κ2) is 11.1. The first kappa shape index (κ1) is 28.9. The molecule has 1 aromatic heterocycles. The predicted octanol–water partition coefficient (Wildman–Crippen LogP) is 4.46. The van der Waals surface area contributed by atoms with Crippen LogP contribution in [0, 0.1) is 0 Å². The van der Waals surface area contributed by atoms with Crippen molar-refractivity contribution >= 4 is 55.4 Å². The van der Waals surface area contributed by atoms with Crippen LogP contribution in [0.2, 0.25) is 5.15 Å². The zero-order valence-corrected chi connectivity index (χ0v) is 23.5. The lowest BCUT2D eigenvalue weighted by Gasteiger charge is -2.30. The second-order valence-corrected chi connectivity index (χ2v) is 12.5. The fraction of sp³-hybridized carbons (Fsp3) is 0.435. The lowest BCUT2D eigenvalue weighted by molar-refractivity contribution is -0.152. The summed E-state index contributed by atoms with van der Waals surface area (Å²) in [4.78, 5) is 29.8. The quantitative estimate of drug-likeness (QED) is 0.356. The average Bonchev–Trinajstić information content (AvgIpc) is 2.68. The third-order valence-electron chi connectivity index (χ3n) is 4.70. The fourth-order valence-corrected chi connectivity index (χ4v) is 4.12. The molecule has 2 aromatic rings. The maximum Gasteiger partial charge on any atom is 0.408 e. The normalized spacial score (nSPS) is 13.5. The van der Waals surface area contributed by atoms with E-state index in [4.69, 9.17) is 21.1 Å². The number of amides is 1. The Morgan fingerprint density at radius 2 is 1.80 bits per heavy atom. The topological polar surface area (TPSA) is 115 Å². The summed E-state index contributed by atoms with van der Waals surface area (Å²) in [6, 6.07) is 10.2. The highest BCUT2D eigenvalue weighted by molar-refractivity contribution is 9.10. The van der Waals surface area contributed by atoms with Gasteiger partial charge in [0.2, 0.25) is 10.0 Å². The van der Waals surface area contributed by atoms with Gasteiger partial charge in [0.25, 0.3) is 0 Å². The van der Waals surface area contributed by atoms with Crippen molar-refractivity contribution in [2.24, 2.45) is 0 Å². The van der Waals surface area contributed by atoms with Crippen molar-refractivity contribution in [2.45, 2.75) is 51.9 Å². The van der Waals surface area contributed by atoms with Gasteiger partial charge in [-0.2, -0.15) is 0 Å². The Morgan fingerprint density at radius 3 is 2.37 bits per heavy atom. The molecule has 35 heavy (non-hydrogen) atoms. The lowest BCUT2D eigenvalue weighted by atomic mass is 9.93. The van der Waals surface area contributed by atoms with Crippen LogP contribution < -0.4 is 9.62 Å². The molecule has 1 atom stereocenters. The van der Waals surface area contributed by atoms with Gasteiger partial charge in [0.05, 0.1) is 6.26 Å². The minimum Gasteiger partial charge on any atom is -0.459 e. The van der Waals surface area contributed by atoms with Crippen LogP contribution in [-0.2, 0) is 37.3 Å². The van der Waals surface area contributed by atoms with Crippen LogP contribution in [-0.4, -0.2) is 49.9 Å². The highest BCUT2D eigenvalue weighted by atomic mass is 79.9. The van der Waals surface area contributed by atoms with Crippen LogP contribution in [0.5, 0.6) is 0 Å². The molecule has 0 bridgehead atoms. The maximum atomic E-state index is 13.2. The second-order valence-electron chi connectivity index (χ2n) is 9.23. The number of halogens is 2. The summed E-state index contributed by atoms with van der Waals surface area (Å²) in [6.07, 6.45) is 0.394. The Morgan fingerprint density at radius 1 is 1.14 bits per heavy atom. The molecule has 0 spiro atoms. The molecule has 1 heterocycles. The highest BCUT2D eigenvalue weighted by Gasteiger charge is 2.38. The molecule has 0 aliphatic carbocycles. The minimum absolute atomic E-state index is 0.0350. The number of hydrogen-bond acceptors (Lipinski definition) is 7. The summed E-state index contributed by atoms with van der Waals surface area (Å²) in [6.45, 7) is 6.47. The molecule has 12 heteroatoms. The third kappa shape index (κ3) is 8.97. The number of benzene rings is 1. The molecule has 0 radical (unpaired) electrons. The molecule has 192 valence electrons. The van der Waals surface area contributed by atoms with Crippen LogP contribution in [0.4, 0.5) is 10.6 Å². The molecule has 0 saturated heterocycles.